The van der Waals surface area contributed by atoms with Crippen molar-refractivity contribution in [2.45, 2.75) is 19.9 Å². The Balaban J connectivity index is 2.72. The van der Waals surface area contributed by atoms with Crippen LogP contribution in [0.3, 0.4) is 0 Å². The maximum atomic E-state index is 3.28. The molecule has 0 fully saturated rings. The predicted molar refractivity (Wildman–Crippen MR) is 37.1 cm³/mol. The standard InChI is InChI=1S/C6H16N2/c1-6(2)8-5-4-7-3/h6-8H,4-5H2,1-3H3. The molecule has 0 bridgehead atoms. The first-order chi connectivity index (χ1) is 3.77. The fraction of sp³-hybridized carbons (Fsp3) is 1.00. The van der Waals surface area contributed by atoms with Crippen molar-refractivity contribution in [3.05, 3.63) is 0 Å². The Bertz CT molecular complexity index is 43.8. The summed E-state index contributed by atoms with van der Waals surface area (Å²) >= 11 is 0. The number of hydrogen-bond donors (Lipinski definition) is 2. The minimum absolute atomic E-state index is 0.614. The second-order valence-corrected chi connectivity index (χ2v) is 2.21. The molecule has 0 heterocycles. The van der Waals surface area contributed by atoms with Crippen molar-refractivity contribution in [1.82, 2.24) is 10.6 Å². The van der Waals surface area contributed by atoms with Gasteiger partial charge in [0.2, 0.25) is 0 Å². The summed E-state index contributed by atoms with van der Waals surface area (Å²) < 4.78 is 0. The molecular formula is C6H16N2. The molecule has 0 saturated carbocycles. The van der Waals surface area contributed by atoms with Gasteiger partial charge in [-0.1, -0.05) is 13.8 Å². The van der Waals surface area contributed by atoms with Gasteiger partial charge in [0.25, 0.3) is 0 Å². The summed E-state index contributed by atoms with van der Waals surface area (Å²) in [6.07, 6.45) is 0. The van der Waals surface area contributed by atoms with Crippen LogP contribution in [0.4, 0.5) is 0 Å². The molecule has 0 aliphatic carbocycles. The second-order valence-electron chi connectivity index (χ2n) is 2.21. The molecular weight excluding hydrogens is 100 g/mol. The van der Waals surface area contributed by atoms with Crippen LogP contribution in [0.5, 0.6) is 0 Å². The van der Waals surface area contributed by atoms with Crippen molar-refractivity contribution in [2.24, 2.45) is 0 Å². The van der Waals surface area contributed by atoms with Crippen molar-refractivity contribution < 1.29 is 0 Å². The second kappa shape index (κ2) is 5.06. The predicted octanol–water partition coefficient (Wildman–Crippen LogP) is 0.204. The highest BCUT2D eigenvalue weighted by Crippen LogP contribution is 1.71. The lowest BCUT2D eigenvalue weighted by Crippen LogP contribution is -2.29. The minimum Gasteiger partial charge on any atom is -0.318 e. The number of rotatable bonds is 4. The average molecular weight is 116 g/mol. The van der Waals surface area contributed by atoms with E-state index in [1.54, 1.807) is 0 Å². The number of nitrogens with one attached hydrogen (secondary N) is 2. The van der Waals surface area contributed by atoms with Crippen molar-refractivity contribution >= 4 is 0 Å². The van der Waals surface area contributed by atoms with E-state index in [2.05, 4.69) is 24.5 Å². The van der Waals surface area contributed by atoms with Crippen molar-refractivity contribution in [1.29, 1.82) is 0 Å². The Morgan fingerprint density at radius 1 is 1.25 bits per heavy atom. The Morgan fingerprint density at radius 3 is 2.25 bits per heavy atom. The first-order valence-electron chi connectivity index (χ1n) is 3.15. The van der Waals surface area contributed by atoms with Gasteiger partial charge in [0.1, 0.15) is 0 Å². The van der Waals surface area contributed by atoms with Gasteiger partial charge in [0.15, 0.2) is 0 Å². The molecule has 0 aromatic heterocycles. The molecule has 0 amide bonds. The normalized spacial score (nSPS) is 10.5. The highest BCUT2D eigenvalue weighted by Gasteiger charge is 1.87. The van der Waals surface area contributed by atoms with E-state index in [4.69, 9.17) is 0 Å². The zero-order valence-corrected chi connectivity index (χ0v) is 5.99. The summed E-state index contributed by atoms with van der Waals surface area (Å²) in [5.41, 5.74) is 0. The third-order valence-electron chi connectivity index (χ3n) is 0.928. The molecule has 0 aliphatic rings. The van der Waals surface area contributed by atoms with Gasteiger partial charge in [-0.25, -0.2) is 0 Å². The summed E-state index contributed by atoms with van der Waals surface area (Å²) in [6.45, 7) is 6.41. The van der Waals surface area contributed by atoms with E-state index in [-0.39, 0.29) is 0 Å². The molecule has 2 nitrogen and oxygen atoms in total. The van der Waals surface area contributed by atoms with Gasteiger partial charge < -0.3 is 10.6 Å². The Labute approximate surface area is 51.7 Å². The summed E-state index contributed by atoms with van der Waals surface area (Å²) in [5.74, 6) is 0. The van der Waals surface area contributed by atoms with E-state index in [1.807, 2.05) is 7.05 Å². The molecule has 0 saturated heterocycles. The van der Waals surface area contributed by atoms with Crippen molar-refractivity contribution in [2.75, 3.05) is 20.1 Å². The van der Waals surface area contributed by atoms with Crippen LogP contribution < -0.4 is 10.6 Å². The third-order valence-corrected chi connectivity index (χ3v) is 0.928. The van der Waals surface area contributed by atoms with Crippen LogP contribution in [0.2, 0.25) is 0 Å². The summed E-state index contributed by atoms with van der Waals surface area (Å²) in [6, 6.07) is 0.614. The van der Waals surface area contributed by atoms with E-state index in [0.717, 1.165) is 13.1 Å². The Kier molecular flexibility index (Phi) is 5.01. The fourth-order valence-electron chi connectivity index (χ4n) is 0.486. The summed E-state index contributed by atoms with van der Waals surface area (Å²) in [4.78, 5) is 0. The van der Waals surface area contributed by atoms with Crippen LogP contribution in [-0.2, 0) is 0 Å². The minimum atomic E-state index is 0.614. The SMILES string of the molecule is CNCCNC(C)C. The monoisotopic (exact) mass is 116 g/mol. The van der Waals surface area contributed by atoms with E-state index < -0.39 is 0 Å². The maximum absolute atomic E-state index is 3.28. The molecule has 0 radical (unpaired) electrons. The smallest absolute Gasteiger partial charge is 0.00789 e. The zero-order valence-electron chi connectivity index (χ0n) is 5.99. The molecule has 0 unspecified atom stereocenters. The average Bonchev–Trinajstić information content (AvgIpc) is 1.66. The Hall–Kier alpha value is -0.0800. The molecule has 2 N–H and O–H groups in total. The van der Waals surface area contributed by atoms with Gasteiger partial charge >= 0.3 is 0 Å². The lowest BCUT2D eigenvalue weighted by atomic mass is 10.4. The maximum Gasteiger partial charge on any atom is 0.00789 e. The van der Waals surface area contributed by atoms with Crippen molar-refractivity contribution in [3.8, 4) is 0 Å². The summed E-state index contributed by atoms with van der Waals surface area (Å²) in [7, 11) is 1.96. The van der Waals surface area contributed by atoms with Gasteiger partial charge in [-0.15, -0.1) is 0 Å². The topological polar surface area (TPSA) is 24.1 Å². The van der Waals surface area contributed by atoms with Gasteiger partial charge in [-0.2, -0.15) is 0 Å². The number of hydrogen-bond acceptors (Lipinski definition) is 2. The van der Waals surface area contributed by atoms with Gasteiger partial charge in [0, 0.05) is 19.1 Å². The van der Waals surface area contributed by atoms with Crippen molar-refractivity contribution in [3.63, 3.8) is 0 Å². The van der Waals surface area contributed by atoms with E-state index in [1.165, 1.54) is 0 Å². The van der Waals surface area contributed by atoms with Gasteiger partial charge in [-0.05, 0) is 7.05 Å². The van der Waals surface area contributed by atoms with E-state index in [0.29, 0.717) is 6.04 Å². The third kappa shape index (κ3) is 5.92. The van der Waals surface area contributed by atoms with Crippen LogP contribution in [0.25, 0.3) is 0 Å². The first kappa shape index (κ1) is 7.92. The fourth-order valence-corrected chi connectivity index (χ4v) is 0.486. The zero-order chi connectivity index (χ0) is 6.41. The molecule has 0 atom stereocenters. The lowest BCUT2D eigenvalue weighted by Gasteiger charge is -2.05. The van der Waals surface area contributed by atoms with Gasteiger partial charge in [-0.3, -0.25) is 0 Å². The van der Waals surface area contributed by atoms with Crippen LogP contribution in [0.1, 0.15) is 13.8 Å². The molecule has 50 valence electrons. The van der Waals surface area contributed by atoms with Gasteiger partial charge in [0.05, 0.1) is 0 Å². The van der Waals surface area contributed by atoms with E-state index in [9.17, 15) is 0 Å². The highest BCUT2D eigenvalue weighted by molar-refractivity contribution is 4.52. The van der Waals surface area contributed by atoms with Crippen LogP contribution in [0.15, 0.2) is 0 Å². The largest absolute Gasteiger partial charge is 0.318 e. The molecule has 2 heteroatoms. The lowest BCUT2D eigenvalue weighted by molar-refractivity contribution is 0.574. The molecule has 0 aromatic carbocycles. The van der Waals surface area contributed by atoms with E-state index >= 15 is 0 Å². The van der Waals surface area contributed by atoms with Crippen LogP contribution >= 0.6 is 0 Å². The summed E-state index contributed by atoms with van der Waals surface area (Å²) in [5, 5.41) is 6.34. The molecule has 0 spiro atoms. The highest BCUT2D eigenvalue weighted by atomic mass is 14.9. The molecule has 0 rings (SSSR count). The molecule has 0 aromatic rings. The quantitative estimate of drug-likeness (QED) is 0.513. The first-order valence-corrected chi connectivity index (χ1v) is 3.15. The van der Waals surface area contributed by atoms with Crippen LogP contribution in [-0.4, -0.2) is 26.2 Å². The molecule has 8 heavy (non-hydrogen) atoms. The number of likely N-dealkylation sites (N-methyl/N-ethyl adjacent to an activating group) is 1. The molecule has 0 aliphatic heterocycles. The van der Waals surface area contributed by atoms with Crippen LogP contribution in [0, 0.1) is 0 Å². The Morgan fingerprint density at radius 2 is 1.88 bits per heavy atom.